The van der Waals surface area contributed by atoms with E-state index in [2.05, 4.69) is 40.7 Å². The van der Waals surface area contributed by atoms with Crippen LogP contribution in [0.4, 0.5) is 0 Å². The number of nitrogens with zero attached hydrogens (tertiary/aromatic N) is 1. The number of methoxy groups -OCH3 is 1. The van der Waals surface area contributed by atoms with Crippen molar-refractivity contribution in [2.24, 2.45) is 11.1 Å². The fourth-order valence-electron chi connectivity index (χ4n) is 3.17. The minimum absolute atomic E-state index is 0.224. The van der Waals surface area contributed by atoms with Crippen molar-refractivity contribution >= 4 is 15.9 Å². The normalized spacial score (nSPS) is 20.6. The molecule has 1 aromatic carbocycles. The molecule has 0 aromatic heterocycles. The highest BCUT2D eigenvalue weighted by atomic mass is 79.9. The molecular formula is C16H25BrN2O. The zero-order chi connectivity index (χ0) is 14.8. The third kappa shape index (κ3) is 3.54. The predicted octanol–water partition coefficient (Wildman–Crippen LogP) is 3.58. The second-order valence-electron chi connectivity index (χ2n) is 6.38. The summed E-state index contributed by atoms with van der Waals surface area (Å²) in [5.74, 6) is 0.923. The highest BCUT2D eigenvalue weighted by Gasteiger charge is 2.31. The number of piperidine rings is 1. The van der Waals surface area contributed by atoms with Gasteiger partial charge in [-0.1, -0.05) is 29.8 Å². The monoisotopic (exact) mass is 340 g/mol. The van der Waals surface area contributed by atoms with Gasteiger partial charge in [-0.05, 0) is 43.0 Å². The van der Waals surface area contributed by atoms with Crippen molar-refractivity contribution in [3.8, 4) is 5.75 Å². The maximum absolute atomic E-state index is 6.09. The summed E-state index contributed by atoms with van der Waals surface area (Å²) in [6.07, 6.45) is 2.52. The number of nitrogens with two attached hydrogens (primary N) is 1. The molecule has 1 heterocycles. The number of hydrogen-bond donors (Lipinski definition) is 1. The van der Waals surface area contributed by atoms with E-state index in [0.717, 1.165) is 23.3 Å². The Bertz CT molecular complexity index is 462. The highest BCUT2D eigenvalue weighted by Crippen LogP contribution is 2.37. The number of rotatable bonds is 4. The number of likely N-dealkylation sites (tertiary alicyclic amines) is 1. The van der Waals surface area contributed by atoms with Crippen molar-refractivity contribution in [3.05, 3.63) is 28.2 Å². The Morgan fingerprint density at radius 1 is 1.45 bits per heavy atom. The molecule has 0 saturated carbocycles. The minimum atomic E-state index is 0.224. The first-order chi connectivity index (χ1) is 9.46. The van der Waals surface area contributed by atoms with Gasteiger partial charge in [0, 0.05) is 23.1 Å². The maximum atomic E-state index is 6.09. The zero-order valence-corrected chi connectivity index (χ0v) is 14.2. The molecule has 3 nitrogen and oxygen atoms in total. The van der Waals surface area contributed by atoms with E-state index in [9.17, 15) is 0 Å². The first-order valence-corrected chi connectivity index (χ1v) is 8.04. The lowest BCUT2D eigenvalue weighted by Crippen LogP contribution is -2.44. The second-order valence-corrected chi connectivity index (χ2v) is 7.29. The van der Waals surface area contributed by atoms with E-state index in [4.69, 9.17) is 10.5 Å². The summed E-state index contributed by atoms with van der Waals surface area (Å²) >= 11 is 3.55. The van der Waals surface area contributed by atoms with Crippen molar-refractivity contribution in [1.29, 1.82) is 0 Å². The van der Waals surface area contributed by atoms with Crippen LogP contribution in [-0.4, -0.2) is 31.6 Å². The van der Waals surface area contributed by atoms with Crippen LogP contribution in [0.25, 0.3) is 0 Å². The van der Waals surface area contributed by atoms with Crippen molar-refractivity contribution in [2.75, 3.05) is 26.7 Å². The molecule has 1 unspecified atom stereocenters. The molecule has 0 bridgehead atoms. The van der Waals surface area contributed by atoms with Crippen molar-refractivity contribution in [3.63, 3.8) is 0 Å². The van der Waals surface area contributed by atoms with Crippen LogP contribution in [0.2, 0.25) is 0 Å². The molecule has 2 rings (SSSR count). The fraction of sp³-hybridized carbons (Fsp3) is 0.625. The lowest BCUT2D eigenvalue weighted by Gasteiger charge is -2.42. The molecule has 20 heavy (non-hydrogen) atoms. The lowest BCUT2D eigenvalue weighted by atomic mass is 9.83. The summed E-state index contributed by atoms with van der Waals surface area (Å²) in [5.41, 5.74) is 7.63. The second kappa shape index (κ2) is 6.46. The third-order valence-corrected chi connectivity index (χ3v) is 4.64. The number of halogens is 1. The van der Waals surface area contributed by atoms with Crippen molar-refractivity contribution < 1.29 is 4.74 Å². The molecule has 2 N–H and O–H groups in total. The Balaban J connectivity index is 2.30. The van der Waals surface area contributed by atoms with E-state index in [0.29, 0.717) is 12.0 Å². The molecule has 0 aliphatic carbocycles. The van der Waals surface area contributed by atoms with E-state index in [-0.39, 0.29) is 6.04 Å². The molecule has 1 aromatic rings. The molecule has 1 atom stereocenters. The van der Waals surface area contributed by atoms with Crippen LogP contribution in [0.15, 0.2) is 22.7 Å². The quantitative estimate of drug-likeness (QED) is 0.910. The summed E-state index contributed by atoms with van der Waals surface area (Å²) in [6, 6.07) is 6.38. The number of hydrogen-bond acceptors (Lipinski definition) is 3. The van der Waals surface area contributed by atoms with Gasteiger partial charge >= 0.3 is 0 Å². The predicted molar refractivity (Wildman–Crippen MR) is 87.1 cm³/mol. The average Bonchev–Trinajstić information content (AvgIpc) is 2.39. The van der Waals surface area contributed by atoms with Crippen LogP contribution in [-0.2, 0) is 0 Å². The Labute approximate surface area is 130 Å². The molecule has 112 valence electrons. The van der Waals surface area contributed by atoms with Crippen molar-refractivity contribution in [2.45, 2.75) is 32.7 Å². The van der Waals surface area contributed by atoms with Gasteiger partial charge in [-0.15, -0.1) is 0 Å². The minimum Gasteiger partial charge on any atom is -0.496 e. The molecular weight excluding hydrogens is 316 g/mol. The zero-order valence-electron chi connectivity index (χ0n) is 12.7. The first-order valence-electron chi connectivity index (χ1n) is 7.24. The topological polar surface area (TPSA) is 38.5 Å². The largest absolute Gasteiger partial charge is 0.496 e. The molecule has 1 aliphatic rings. The van der Waals surface area contributed by atoms with Crippen LogP contribution in [0.1, 0.15) is 38.3 Å². The summed E-state index contributed by atoms with van der Waals surface area (Å²) in [5, 5.41) is 0. The molecule has 0 spiro atoms. The SMILES string of the molecule is COc1ccc(Br)cc1C(CN)N1CCCC(C)(C)C1. The summed E-state index contributed by atoms with van der Waals surface area (Å²) in [6.45, 7) is 7.49. The van der Waals surface area contributed by atoms with Gasteiger partial charge in [-0.3, -0.25) is 4.90 Å². The van der Waals surface area contributed by atoms with E-state index in [1.807, 2.05) is 12.1 Å². The Morgan fingerprint density at radius 2 is 2.20 bits per heavy atom. The van der Waals surface area contributed by atoms with E-state index >= 15 is 0 Å². The first kappa shape index (κ1) is 15.8. The van der Waals surface area contributed by atoms with Gasteiger partial charge in [0.15, 0.2) is 0 Å². The summed E-state index contributed by atoms with van der Waals surface area (Å²) < 4.78 is 6.60. The van der Waals surface area contributed by atoms with Gasteiger partial charge in [0.25, 0.3) is 0 Å². The third-order valence-electron chi connectivity index (χ3n) is 4.14. The van der Waals surface area contributed by atoms with Gasteiger partial charge in [0.2, 0.25) is 0 Å². The summed E-state index contributed by atoms with van der Waals surface area (Å²) in [4.78, 5) is 2.51. The van der Waals surface area contributed by atoms with Crippen LogP contribution < -0.4 is 10.5 Å². The Kier molecular flexibility index (Phi) is 5.10. The summed E-state index contributed by atoms with van der Waals surface area (Å²) in [7, 11) is 1.72. The Morgan fingerprint density at radius 3 is 2.80 bits per heavy atom. The fourth-order valence-corrected chi connectivity index (χ4v) is 3.55. The molecule has 1 saturated heterocycles. The van der Waals surface area contributed by atoms with Crippen molar-refractivity contribution in [1.82, 2.24) is 4.90 Å². The molecule has 0 radical (unpaired) electrons. The smallest absolute Gasteiger partial charge is 0.123 e. The van der Waals surface area contributed by atoms with E-state index in [1.165, 1.54) is 18.4 Å². The van der Waals surface area contributed by atoms with Gasteiger partial charge in [0.05, 0.1) is 13.2 Å². The molecule has 0 amide bonds. The Hall–Kier alpha value is -0.580. The average molecular weight is 341 g/mol. The van der Waals surface area contributed by atoms with Crippen LogP contribution in [0.3, 0.4) is 0 Å². The number of ether oxygens (including phenoxy) is 1. The van der Waals surface area contributed by atoms with Crippen LogP contribution in [0, 0.1) is 5.41 Å². The molecule has 4 heteroatoms. The van der Waals surface area contributed by atoms with E-state index < -0.39 is 0 Å². The van der Waals surface area contributed by atoms with Crippen LogP contribution in [0.5, 0.6) is 5.75 Å². The van der Waals surface area contributed by atoms with Gasteiger partial charge in [0.1, 0.15) is 5.75 Å². The van der Waals surface area contributed by atoms with E-state index in [1.54, 1.807) is 7.11 Å². The molecule has 1 fully saturated rings. The standard InChI is InChI=1S/C16H25BrN2O/c1-16(2)7-4-8-19(11-16)14(10-18)13-9-12(17)5-6-15(13)20-3/h5-6,9,14H,4,7-8,10-11,18H2,1-3H3. The van der Waals surface area contributed by atoms with Crippen LogP contribution >= 0.6 is 15.9 Å². The van der Waals surface area contributed by atoms with Gasteiger partial charge < -0.3 is 10.5 Å². The highest BCUT2D eigenvalue weighted by molar-refractivity contribution is 9.10. The van der Waals surface area contributed by atoms with Gasteiger partial charge in [-0.2, -0.15) is 0 Å². The lowest BCUT2D eigenvalue weighted by molar-refractivity contribution is 0.0796. The molecule has 1 aliphatic heterocycles. The number of benzene rings is 1. The maximum Gasteiger partial charge on any atom is 0.123 e. The van der Waals surface area contributed by atoms with Gasteiger partial charge in [-0.25, -0.2) is 0 Å².